The number of nitrogens with zero attached hydrogens (tertiary/aromatic N) is 1. The van der Waals surface area contributed by atoms with E-state index in [9.17, 15) is 8.42 Å². The molecule has 106 valence electrons. The summed E-state index contributed by atoms with van der Waals surface area (Å²) in [5.74, 6) is 0. The van der Waals surface area contributed by atoms with Crippen LogP contribution in [0.4, 0.5) is 5.69 Å². The second kappa shape index (κ2) is 5.92. The van der Waals surface area contributed by atoms with Gasteiger partial charge >= 0.3 is 0 Å². The van der Waals surface area contributed by atoms with Crippen LogP contribution in [0.15, 0.2) is 24.3 Å². The Morgan fingerprint density at radius 2 is 2.21 bits per heavy atom. The number of hydrogen-bond acceptors (Lipinski definition) is 3. The molecule has 0 bridgehead atoms. The molecule has 1 atom stereocenters. The van der Waals surface area contributed by atoms with Crippen molar-refractivity contribution in [1.29, 1.82) is 0 Å². The predicted molar refractivity (Wildman–Crippen MR) is 79.0 cm³/mol. The summed E-state index contributed by atoms with van der Waals surface area (Å²) in [5, 5.41) is 2.87. The van der Waals surface area contributed by atoms with E-state index >= 15 is 0 Å². The molecule has 0 radical (unpaired) electrons. The van der Waals surface area contributed by atoms with E-state index in [1.165, 1.54) is 4.31 Å². The fourth-order valence-electron chi connectivity index (χ4n) is 2.55. The predicted octanol–water partition coefficient (Wildman–Crippen LogP) is 1.90. The van der Waals surface area contributed by atoms with Gasteiger partial charge in [0.25, 0.3) is 0 Å². The Balaban J connectivity index is 2.30. The summed E-state index contributed by atoms with van der Waals surface area (Å²) in [5.41, 5.74) is 1.85. The third-order valence-electron chi connectivity index (χ3n) is 3.56. The fourth-order valence-corrected chi connectivity index (χ4v) is 4.47. The molecule has 1 unspecified atom stereocenters. The highest BCUT2D eigenvalue weighted by Crippen LogP contribution is 2.24. The van der Waals surface area contributed by atoms with Crippen LogP contribution < -0.4 is 9.62 Å². The van der Waals surface area contributed by atoms with Gasteiger partial charge in [-0.2, -0.15) is 0 Å². The van der Waals surface area contributed by atoms with E-state index in [2.05, 4.69) is 5.32 Å². The first kappa shape index (κ1) is 14.3. The maximum atomic E-state index is 12.7. The van der Waals surface area contributed by atoms with Crippen LogP contribution in [0.3, 0.4) is 0 Å². The van der Waals surface area contributed by atoms with E-state index in [0.717, 1.165) is 30.6 Å². The van der Waals surface area contributed by atoms with Crippen LogP contribution in [0.1, 0.15) is 25.3 Å². The van der Waals surface area contributed by atoms with Gasteiger partial charge in [-0.25, -0.2) is 8.42 Å². The zero-order valence-corrected chi connectivity index (χ0v) is 12.4. The molecule has 1 aliphatic heterocycles. The van der Waals surface area contributed by atoms with Crippen LogP contribution in [0, 0.1) is 6.92 Å². The summed E-state index contributed by atoms with van der Waals surface area (Å²) in [6.07, 6.45) is 1.67. The van der Waals surface area contributed by atoms with Crippen molar-refractivity contribution in [2.24, 2.45) is 0 Å². The molecule has 1 aliphatic rings. The quantitative estimate of drug-likeness (QED) is 0.917. The van der Waals surface area contributed by atoms with Crippen molar-refractivity contribution in [3.8, 4) is 0 Å². The number of hydrogen-bond donors (Lipinski definition) is 1. The number of nitrogens with one attached hydrogen (secondary N) is 1. The van der Waals surface area contributed by atoms with E-state index in [0.29, 0.717) is 13.1 Å². The van der Waals surface area contributed by atoms with Gasteiger partial charge in [-0.15, -0.1) is 0 Å². The van der Waals surface area contributed by atoms with Crippen molar-refractivity contribution >= 4 is 15.7 Å². The minimum absolute atomic E-state index is 0.304. The topological polar surface area (TPSA) is 49.4 Å². The lowest BCUT2D eigenvalue weighted by Crippen LogP contribution is -2.46. The van der Waals surface area contributed by atoms with E-state index < -0.39 is 10.0 Å². The molecule has 1 saturated heterocycles. The molecular weight excluding hydrogens is 260 g/mol. The minimum atomic E-state index is -3.27. The normalized spacial score (nSPS) is 20.2. The van der Waals surface area contributed by atoms with Gasteiger partial charge in [0.05, 0.1) is 10.9 Å². The highest BCUT2D eigenvalue weighted by atomic mass is 32.2. The monoisotopic (exact) mass is 282 g/mol. The van der Waals surface area contributed by atoms with E-state index in [-0.39, 0.29) is 5.25 Å². The van der Waals surface area contributed by atoms with Crippen LogP contribution in [0.2, 0.25) is 0 Å². The average Bonchev–Trinajstić information content (AvgIpc) is 2.40. The Bertz CT molecular complexity index is 522. The molecule has 1 N–H and O–H groups in total. The van der Waals surface area contributed by atoms with Crippen molar-refractivity contribution in [2.75, 3.05) is 23.9 Å². The molecule has 2 rings (SSSR count). The molecule has 0 saturated carbocycles. The second-order valence-electron chi connectivity index (χ2n) is 5.02. The number of aryl methyl sites for hydroxylation is 1. The molecule has 0 aliphatic carbocycles. The van der Waals surface area contributed by atoms with Crippen molar-refractivity contribution in [1.82, 2.24) is 5.32 Å². The fraction of sp³-hybridized carbons (Fsp3) is 0.571. The van der Waals surface area contributed by atoms with E-state index in [4.69, 9.17) is 0 Å². The smallest absolute Gasteiger partial charge is 0.239 e. The minimum Gasteiger partial charge on any atom is -0.315 e. The molecule has 5 heteroatoms. The lowest BCUT2D eigenvalue weighted by Gasteiger charge is -2.30. The molecule has 1 aromatic rings. The summed E-state index contributed by atoms with van der Waals surface area (Å²) < 4.78 is 27.0. The summed E-state index contributed by atoms with van der Waals surface area (Å²) in [6, 6.07) is 7.68. The first-order valence-corrected chi connectivity index (χ1v) is 8.35. The largest absolute Gasteiger partial charge is 0.315 e. The van der Waals surface area contributed by atoms with Gasteiger partial charge in [-0.1, -0.05) is 12.1 Å². The summed E-state index contributed by atoms with van der Waals surface area (Å²) in [4.78, 5) is 0. The summed E-state index contributed by atoms with van der Waals surface area (Å²) >= 11 is 0. The summed E-state index contributed by atoms with van der Waals surface area (Å²) in [7, 11) is -3.27. The van der Waals surface area contributed by atoms with Crippen LogP contribution >= 0.6 is 0 Å². The highest BCUT2D eigenvalue weighted by molar-refractivity contribution is 7.93. The first-order valence-electron chi connectivity index (χ1n) is 6.84. The highest BCUT2D eigenvalue weighted by Gasteiger charge is 2.32. The van der Waals surface area contributed by atoms with Gasteiger partial charge in [0.2, 0.25) is 10.0 Å². The van der Waals surface area contributed by atoms with Crippen molar-refractivity contribution in [3.05, 3.63) is 29.8 Å². The van der Waals surface area contributed by atoms with Crippen LogP contribution in [-0.4, -0.2) is 33.3 Å². The van der Waals surface area contributed by atoms with Crippen molar-refractivity contribution in [3.63, 3.8) is 0 Å². The second-order valence-corrected chi connectivity index (χ2v) is 7.15. The standard InChI is InChI=1S/C14H22N2O2S/c1-3-16(13-7-4-6-12(2)10-13)19(17,18)14-8-5-9-15-11-14/h4,6-7,10,14-15H,3,5,8-9,11H2,1-2H3. The number of anilines is 1. The van der Waals surface area contributed by atoms with Gasteiger partial charge < -0.3 is 5.32 Å². The molecule has 4 nitrogen and oxygen atoms in total. The molecule has 1 heterocycles. The van der Waals surface area contributed by atoms with Crippen molar-refractivity contribution in [2.45, 2.75) is 31.9 Å². The maximum absolute atomic E-state index is 12.7. The molecule has 1 fully saturated rings. The zero-order valence-electron chi connectivity index (χ0n) is 11.6. The first-order chi connectivity index (χ1) is 9.05. The molecule has 19 heavy (non-hydrogen) atoms. The third-order valence-corrected chi connectivity index (χ3v) is 5.89. The molecule has 1 aromatic carbocycles. The lowest BCUT2D eigenvalue weighted by molar-refractivity contribution is 0.495. The van der Waals surface area contributed by atoms with Gasteiger partial charge in [-0.3, -0.25) is 4.31 Å². The third kappa shape index (κ3) is 3.09. The maximum Gasteiger partial charge on any atom is 0.239 e. The Labute approximate surface area is 115 Å². The zero-order chi connectivity index (χ0) is 13.9. The van der Waals surface area contributed by atoms with Gasteiger partial charge in [0.15, 0.2) is 0 Å². The van der Waals surface area contributed by atoms with Gasteiger partial charge in [0, 0.05) is 13.1 Å². The average molecular weight is 282 g/mol. The SMILES string of the molecule is CCN(c1cccc(C)c1)S(=O)(=O)C1CCCNC1. The molecular formula is C14H22N2O2S. The Morgan fingerprint density at radius 1 is 1.42 bits per heavy atom. The molecule has 0 amide bonds. The Hall–Kier alpha value is -1.07. The Morgan fingerprint density at radius 3 is 2.79 bits per heavy atom. The number of benzene rings is 1. The molecule has 0 spiro atoms. The van der Waals surface area contributed by atoms with E-state index in [1.807, 2.05) is 38.1 Å². The molecule has 0 aromatic heterocycles. The van der Waals surface area contributed by atoms with Gasteiger partial charge in [-0.05, 0) is 50.9 Å². The Kier molecular flexibility index (Phi) is 4.47. The van der Waals surface area contributed by atoms with Crippen molar-refractivity contribution < 1.29 is 8.42 Å². The number of sulfonamides is 1. The van der Waals surface area contributed by atoms with Gasteiger partial charge in [0.1, 0.15) is 0 Å². The lowest BCUT2D eigenvalue weighted by atomic mass is 10.2. The number of piperidine rings is 1. The van der Waals surface area contributed by atoms with Crippen LogP contribution in [-0.2, 0) is 10.0 Å². The van der Waals surface area contributed by atoms with Crippen LogP contribution in [0.5, 0.6) is 0 Å². The van der Waals surface area contributed by atoms with E-state index in [1.54, 1.807) is 0 Å². The number of rotatable bonds is 4. The van der Waals surface area contributed by atoms with Crippen LogP contribution in [0.25, 0.3) is 0 Å². The summed E-state index contributed by atoms with van der Waals surface area (Å²) in [6.45, 7) is 5.82.